The molecule has 1 rings (SSSR count). The molecule has 1 saturated carbocycles. The Morgan fingerprint density at radius 2 is 2.15 bits per heavy atom. The molecule has 0 spiro atoms. The molecule has 0 bridgehead atoms. The van der Waals surface area contributed by atoms with Crippen molar-refractivity contribution in [1.29, 1.82) is 0 Å². The molecule has 2 N–H and O–H groups in total. The number of rotatable bonds is 6. The van der Waals surface area contributed by atoms with Crippen LogP contribution in [0.2, 0.25) is 0 Å². The van der Waals surface area contributed by atoms with Crippen LogP contribution in [-0.4, -0.2) is 29.9 Å². The summed E-state index contributed by atoms with van der Waals surface area (Å²) in [4.78, 5) is 13.6. The maximum absolute atomic E-state index is 11.6. The highest BCUT2D eigenvalue weighted by atomic mass is 16.2. The second-order valence-electron chi connectivity index (χ2n) is 3.66. The number of carbonyl (C=O) groups excluding carboxylic acids is 1. The summed E-state index contributed by atoms with van der Waals surface area (Å²) in [7, 11) is 0. The van der Waals surface area contributed by atoms with Crippen molar-refractivity contribution in [3.63, 3.8) is 0 Å². The zero-order valence-corrected chi connectivity index (χ0v) is 8.46. The van der Waals surface area contributed by atoms with E-state index in [0.29, 0.717) is 24.9 Å². The van der Waals surface area contributed by atoms with Crippen molar-refractivity contribution in [3.8, 4) is 0 Å². The lowest BCUT2D eigenvalue weighted by Gasteiger charge is -2.20. The lowest BCUT2D eigenvalue weighted by Crippen LogP contribution is -2.32. The fourth-order valence-electron chi connectivity index (χ4n) is 1.59. The average Bonchev–Trinajstić information content (AvgIpc) is 2.90. The number of carbonyl (C=O) groups is 1. The fraction of sp³-hybridized carbons (Fsp3) is 0.900. The molecule has 0 heterocycles. The lowest BCUT2D eigenvalue weighted by atomic mass is 10.2. The Hall–Kier alpha value is -0.570. The molecular weight excluding hydrogens is 164 g/mol. The third kappa shape index (κ3) is 3.35. The van der Waals surface area contributed by atoms with Crippen molar-refractivity contribution in [2.75, 3.05) is 13.1 Å². The van der Waals surface area contributed by atoms with Crippen LogP contribution in [0.1, 0.15) is 39.0 Å². The van der Waals surface area contributed by atoms with E-state index in [4.69, 9.17) is 5.73 Å². The highest BCUT2D eigenvalue weighted by molar-refractivity contribution is 5.76. The van der Waals surface area contributed by atoms with E-state index in [1.807, 2.05) is 4.90 Å². The van der Waals surface area contributed by atoms with Crippen molar-refractivity contribution in [3.05, 3.63) is 0 Å². The van der Waals surface area contributed by atoms with Gasteiger partial charge in [-0.2, -0.15) is 0 Å². The summed E-state index contributed by atoms with van der Waals surface area (Å²) >= 11 is 0. The highest BCUT2D eigenvalue weighted by Gasteiger charge is 2.30. The molecule has 0 aromatic rings. The van der Waals surface area contributed by atoms with Gasteiger partial charge in [0.2, 0.25) is 5.91 Å². The molecular formula is C10H20N2O. The van der Waals surface area contributed by atoms with Gasteiger partial charge in [0.15, 0.2) is 0 Å². The van der Waals surface area contributed by atoms with E-state index >= 15 is 0 Å². The lowest BCUT2D eigenvalue weighted by molar-refractivity contribution is -0.131. The number of nitrogens with two attached hydrogens (primary N) is 1. The summed E-state index contributed by atoms with van der Waals surface area (Å²) in [6, 6.07) is 0.565. The van der Waals surface area contributed by atoms with Gasteiger partial charge in [0.05, 0.1) is 0 Å². The van der Waals surface area contributed by atoms with Crippen molar-refractivity contribution in [2.45, 2.75) is 45.1 Å². The van der Waals surface area contributed by atoms with E-state index in [1.54, 1.807) is 0 Å². The van der Waals surface area contributed by atoms with E-state index in [0.717, 1.165) is 19.4 Å². The van der Waals surface area contributed by atoms with Crippen molar-refractivity contribution in [1.82, 2.24) is 4.90 Å². The van der Waals surface area contributed by atoms with Crippen LogP contribution in [0.25, 0.3) is 0 Å². The van der Waals surface area contributed by atoms with Crippen LogP contribution >= 0.6 is 0 Å². The van der Waals surface area contributed by atoms with Crippen LogP contribution in [0.4, 0.5) is 0 Å². The Balaban J connectivity index is 2.19. The monoisotopic (exact) mass is 184 g/mol. The standard InChI is InChI=1S/C10H20N2O/c1-2-12(9-6-7-9)10(13)5-3-4-8-11/h9H,2-8,11H2,1H3. The van der Waals surface area contributed by atoms with Gasteiger partial charge < -0.3 is 10.6 Å². The Morgan fingerprint density at radius 1 is 1.46 bits per heavy atom. The van der Waals surface area contributed by atoms with Crippen molar-refractivity contribution >= 4 is 5.91 Å². The van der Waals surface area contributed by atoms with E-state index < -0.39 is 0 Å². The molecule has 1 fully saturated rings. The number of nitrogens with zero attached hydrogens (tertiary/aromatic N) is 1. The first-order valence-electron chi connectivity index (χ1n) is 5.29. The molecule has 1 aliphatic rings. The predicted molar refractivity (Wildman–Crippen MR) is 53.3 cm³/mol. The minimum atomic E-state index is 0.318. The van der Waals surface area contributed by atoms with Gasteiger partial charge in [0, 0.05) is 19.0 Å². The van der Waals surface area contributed by atoms with E-state index in [9.17, 15) is 4.79 Å². The Labute approximate surface area is 80.3 Å². The van der Waals surface area contributed by atoms with Crippen LogP contribution < -0.4 is 5.73 Å². The summed E-state index contributed by atoms with van der Waals surface area (Å²) in [6.07, 6.45) is 5.00. The minimum absolute atomic E-state index is 0.318. The van der Waals surface area contributed by atoms with Crippen molar-refractivity contribution in [2.24, 2.45) is 5.73 Å². The predicted octanol–water partition coefficient (Wildman–Crippen LogP) is 1.13. The Bertz CT molecular complexity index is 166. The molecule has 0 aromatic heterocycles. The maximum Gasteiger partial charge on any atom is 0.222 e. The van der Waals surface area contributed by atoms with Gasteiger partial charge in [-0.1, -0.05) is 0 Å². The van der Waals surface area contributed by atoms with E-state index in [-0.39, 0.29) is 0 Å². The van der Waals surface area contributed by atoms with Gasteiger partial charge in [-0.05, 0) is 39.2 Å². The second kappa shape index (κ2) is 5.22. The van der Waals surface area contributed by atoms with Gasteiger partial charge in [-0.3, -0.25) is 4.79 Å². The smallest absolute Gasteiger partial charge is 0.222 e. The molecule has 1 amide bonds. The molecule has 3 nitrogen and oxygen atoms in total. The Kier molecular flexibility index (Phi) is 4.22. The van der Waals surface area contributed by atoms with Crippen LogP contribution in [0.5, 0.6) is 0 Å². The van der Waals surface area contributed by atoms with Crippen LogP contribution in [0, 0.1) is 0 Å². The van der Waals surface area contributed by atoms with Crippen molar-refractivity contribution < 1.29 is 4.79 Å². The van der Waals surface area contributed by atoms with Crippen LogP contribution in [0.3, 0.4) is 0 Å². The number of amides is 1. The topological polar surface area (TPSA) is 46.3 Å². The summed E-state index contributed by atoms with van der Waals surface area (Å²) in [5.41, 5.74) is 5.37. The van der Waals surface area contributed by atoms with Gasteiger partial charge in [0.1, 0.15) is 0 Å². The third-order valence-corrected chi connectivity index (χ3v) is 2.49. The van der Waals surface area contributed by atoms with Crippen LogP contribution in [0.15, 0.2) is 0 Å². The third-order valence-electron chi connectivity index (χ3n) is 2.49. The van der Waals surface area contributed by atoms with E-state index in [1.165, 1.54) is 12.8 Å². The summed E-state index contributed by atoms with van der Waals surface area (Å²) < 4.78 is 0. The molecule has 0 saturated heterocycles. The van der Waals surface area contributed by atoms with Crippen LogP contribution in [-0.2, 0) is 4.79 Å². The molecule has 76 valence electrons. The Morgan fingerprint density at radius 3 is 2.62 bits per heavy atom. The second-order valence-corrected chi connectivity index (χ2v) is 3.66. The molecule has 0 aliphatic heterocycles. The first-order chi connectivity index (χ1) is 6.29. The maximum atomic E-state index is 11.6. The zero-order valence-electron chi connectivity index (χ0n) is 8.46. The van der Waals surface area contributed by atoms with E-state index in [2.05, 4.69) is 6.92 Å². The zero-order chi connectivity index (χ0) is 9.68. The summed E-state index contributed by atoms with van der Waals surface area (Å²) in [6.45, 7) is 3.62. The highest BCUT2D eigenvalue weighted by Crippen LogP contribution is 2.27. The average molecular weight is 184 g/mol. The summed E-state index contributed by atoms with van der Waals surface area (Å²) in [5.74, 6) is 0.318. The minimum Gasteiger partial charge on any atom is -0.340 e. The SMILES string of the molecule is CCN(C(=O)CCCCN)C1CC1. The number of hydrogen-bond acceptors (Lipinski definition) is 2. The molecule has 1 aliphatic carbocycles. The van der Waals surface area contributed by atoms with Gasteiger partial charge in [0.25, 0.3) is 0 Å². The number of hydrogen-bond donors (Lipinski definition) is 1. The van der Waals surface area contributed by atoms with Gasteiger partial charge >= 0.3 is 0 Å². The van der Waals surface area contributed by atoms with Gasteiger partial charge in [-0.25, -0.2) is 0 Å². The first-order valence-corrected chi connectivity index (χ1v) is 5.29. The molecule has 0 radical (unpaired) electrons. The number of unbranched alkanes of at least 4 members (excludes halogenated alkanes) is 1. The summed E-state index contributed by atoms with van der Waals surface area (Å²) in [5, 5.41) is 0. The quantitative estimate of drug-likeness (QED) is 0.629. The first kappa shape index (κ1) is 10.5. The molecule has 0 aromatic carbocycles. The molecule has 13 heavy (non-hydrogen) atoms. The largest absolute Gasteiger partial charge is 0.340 e. The normalized spacial score (nSPS) is 15.8. The molecule has 3 heteroatoms. The molecule has 0 atom stereocenters. The fourth-order valence-corrected chi connectivity index (χ4v) is 1.59. The molecule has 0 unspecified atom stereocenters. The van der Waals surface area contributed by atoms with Gasteiger partial charge in [-0.15, -0.1) is 0 Å².